The number of aliphatic hydroxyl groups is 3. The highest BCUT2D eigenvalue weighted by Gasteiger charge is 2.40. The molecule has 0 bridgehead atoms. The number of fused-ring (bicyclic) bond motifs is 1. The van der Waals surface area contributed by atoms with E-state index in [-0.39, 0.29) is 17.8 Å². The number of carbonyl (C=O) groups excluding carboxylic acids is 1. The van der Waals surface area contributed by atoms with Gasteiger partial charge in [0.25, 0.3) is 0 Å². The van der Waals surface area contributed by atoms with Crippen LogP contribution >= 0.6 is 0 Å². The topological polar surface area (TPSA) is 100 Å². The van der Waals surface area contributed by atoms with Crippen LogP contribution in [0.3, 0.4) is 0 Å². The molecule has 1 aromatic heterocycles. The number of benzene rings is 1. The van der Waals surface area contributed by atoms with Gasteiger partial charge >= 0.3 is 5.97 Å². The number of rotatable bonds is 11. The largest absolute Gasteiger partial charge is 0.469 e. The molecule has 6 heteroatoms. The van der Waals surface area contributed by atoms with E-state index < -0.39 is 18.3 Å². The fraction of sp³-hybridized carbons (Fsp3) is 0.625. The lowest BCUT2D eigenvalue weighted by molar-refractivity contribution is -0.140. The lowest BCUT2D eigenvalue weighted by Gasteiger charge is -2.24. The molecule has 0 saturated heterocycles. The number of esters is 1. The molecule has 1 fully saturated rings. The summed E-state index contributed by atoms with van der Waals surface area (Å²) in [5.41, 5.74) is 1.64. The predicted molar refractivity (Wildman–Crippen MR) is 114 cm³/mol. The maximum absolute atomic E-state index is 11.1. The summed E-state index contributed by atoms with van der Waals surface area (Å²) in [5, 5.41) is 32.5. The quantitative estimate of drug-likeness (QED) is 0.375. The van der Waals surface area contributed by atoms with Crippen molar-refractivity contribution in [3.63, 3.8) is 0 Å². The Morgan fingerprint density at radius 2 is 1.83 bits per heavy atom. The molecule has 3 N–H and O–H groups in total. The van der Waals surface area contributed by atoms with Gasteiger partial charge in [-0.3, -0.25) is 4.79 Å². The van der Waals surface area contributed by atoms with E-state index in [4.69, 9.17) is 4.42 Å². The van der Waals surface area contributed by atoms with Crippen molar-refractivity contribution in [3.05, 3.63) is 36.1 Å². The average Bonchev–Trinajstić information content (AvgIpc) is 3.31. The zero-order valence-electron chi connectivity index (χ0n) is 17.7. The van der Waals surface area contributed by atoms with Gasteiger partial charge in [0.2, 0.25) is 0 Å². The first-order valence-corrected chi connectivity index (χ1v) is 11.1. The lowest BCUT2D eigenvalue weighted by atomic mass is 9.84. The van der Waals surface area contributed by atoms with E-state index in [0.29, 0.717) is 25.7 Å². The Hall–Kier alpha value is -1.89. The highest BCUT2D eigenvalue weighted by atomic mass is 16.5. The van der Waals surface area contributed by atoms with Crippen LogP contribution in [-0.4, -0.2) is 40.6 Å². The second-order valence-corrected chi connectivity index (χ2v) is 8.54. The van der Waals surface area contributed by atoms with Gasteiger partial charge in [-0.05, 0) is 67.7 Å². The third-order valence-electron chi connectivity index (χ3n) is 6.55. The molecule has 1 saturated carbocycles. The van der Waals surface area contributed by atoms with Crippen LogP contribution in [0.15, 0.2) is 34.9 Å². The minimum atomic E-state index is -0.604. The molecule has 0 aliphatic heterocycles. The molecule has 0 spiro atoms. The van der Waals surface area contributed by atoms with E-state index in [0.717, 1.165) is 48.6 Å². The number of aliphatic hydroxyl groups excluding tert-OH is 3. The van der Waals surface area contributed by atoms with Crippen molar-refractivity contribution < 1.29 is 29.3 Å². The van der Waals surface area contributed by atoms with Crippen molar-refractivity contribution >= 4 is 16.9 Å². The number of furan rings is 1. The van der Waals surface area contributed by atoms with Crippen molar-refractivity contribution in [2.45, 2.75) is 76.1 Å². The zero-order valence-corrected chi connectivity index (χ0v) is 17.7. The van der Waals surface area contributed by atoms with Crippen LogP contribution < -0.4 is 0 Å². The van der Waals surface area contributed by atoms with Gasteiger partial charge in [-0.2, -0.15) is 0 Å². The maximum Gasteiger partial charge on any atom is 0.305 e. The number of hydrogen-bond donors (Lipinski definition) is 3. The smallest absolute Gasteiger partial charge is 0.305 e. The number of ether oxygens (including phenoxy) is 1. The molecule has 1 aromatic carbocycles. The average molecular weight is 419 g/mol. The SMILES string of the molecule is COC(=O)CCCCCCC1[C@@H](CCC(O)c2ccc3occc3c2)[C@H](O)C[C@@H]1O. The van der Waals surface area contributed by atoms with Crippen molar-refractivity contribution in [2.75, 3.05) is 7.11 Å². The van der Waals surface area contributed by atoms with Crippen LogP contribution in [0.2, 0.25) is 0 Å². The number of hydrogen-bond acceptors (Lipinski definition) is 6. The summed E-state index contributed by atoms with van der Waals surface area (Å²) in [6, 6.07) is 7.56. The fourth-order valence-corrected chi connectivity index (χ4v) is 4.80. The first-order chi connectivity index (χ1) is 14.5. The minimum Gasteiger partial charge on any atom is -0.469 e. The van der Waals surface area contributed by atoms with Gasteiger partial charge < -0.3 is 24.5 Å². The molecule has 1 heterocycles. The minimum absolute atomic E-state index is 0.00220. The molecule has 2 unspecified atom stereocenters. The van der Waals surface area contributed by atoms with Crippen molar-refractivity contribution in [1.82, 2.24) is 0 Å². The van der Waals surface area contributed by atoms with Crippen LogP contribution in [-0.2, 0) is 9.53 Å². The number of unbranched alkanes of at least 4 members (excludes halogenated alkanes) is 3. The second kappa shape index (κ2) is 10.9. The molecule has 0 radical (unpaired) electrons. The number of carbonyl (C=O) groups is 1. The van der Waals surface area contributed by atoms with Gasteiger partial charge in [0, 0.05) is 11.8 Å². The molecule has 5 atom stereocenters. The summed E-state index contributed by atoms with van der Waals surface area (Å²) in [4.78, 5) is 11.1. The molecular weight excluding hydrogens is 384 g/mol. The van der Waals surface area contributed by atoms with E-state index in [2.05, 4.69) is 4.74 Å². The first kappa shape index (κ1) is 22.8. The molecule has 30 heavy (non-hydrogen) atoms. The van der Waals surface area contributed by atoms with Crippen LogP contribution in [0.4, 0.5) is 0 Å². The molecule has 1 aliphatic rings. The van der Waals surface area contributed by atoms with Crippen molar-refractivity contribution in [3.8, 4) is 0 Å². The molecule has 1 aliphatic carbocycles. The summed E-state index contributed by atoms with van der Waals surface area (Å²) in [5.74, 6) is -0.110. The van der Waals surface area contributed by atoms with Gasteiger partial charge in [0.1, 0.15) is 5.58 Å². The Morgan fingerprint density at radius 1 is 1.10 bits per heavy atom. The zero-order chi connectivity index (χ0) is 21.5. The predicted octanol–water partition coefficient (Wildman–Crippen LogP) is 4.12. The van der Waals surface area contributed by atoms with Crippen LogP contribution in [0.25, 0.3) is 11.0 Å². The Balaban J connectivity index is 1.46. The summed E-state index contributed by atoms with van der Waals surface area (Å²) >= 11 is 0. The van der Waals surface area contributed by atoms with Gasteiger partial charge in [0.05, 0.1) is 31.7 Å². The number of methoxy groups -OCH3 is 1. The summed E-state index contributed by atoms with van der Waals surface area (Å²) < 4.78 is 10.00. The van der Waals surface area contributed by atoms with E-state index in [1.807, 2.05) is 24.3 Å². The first-order valence-electron chi connectivity index (χ1n) is 11.1. The molecular formula is C24H34O6. The van der Waals surface area contributed by atoms with E-state index >= 15 is 0 Å². The van der Waals surface area contributed by atoms with Gasteiger partial charge in [-0.25, -0.2) is 0 Å². The van der Waals surface area contributed by atoms with Crippen LogP contribution in [0.1, 0.15) is 69.5 Å². The Labute approximate surface area is 177 Å². The third kappa shape index (κ3) is 5.84. The van der Waals surface area contributed by atoms with Gasteiger partial charge in [0.15, 0.2) is 0 Å². The Morgan fingerprint density at radius 3 is 2.60 bits per heavy atom. The highest BCUT2D eigenvalue weighted by Crippen LogP contribution is 2.40. The maximum atomic E-state index is 11.1. The molecule has 6 nitrogen and oxygen atoms in total. The Bertz CT molecular complexity index is 800. The normalized spacial score (nSPS) is 24.9. The summed E-state index contributed by atoms with van der Waals surface area (Å²) in [6.07, 6.45) is 6.71. The van der Waals surface area contributed by atoms with E-state index in [1.54, 1.807) is 6.26 Å². The van der Waals surface area contributed by atoms with E-state index in [1.165, 1.54) is 7.11 Å². The summed E-state index contributed by atoms with van der Waals surface area (Å²) in [7, 11) is 1.40. The Kier molecular flexibility index (Phi) is 8.31. The second-order valence-electron chi connectivity index (χ2n) is 8.54. The molecule has 3 rings (SSSR count). The molecule has 166 valence electrons. The van der Waals surface area contributed by atoms with Crippen molar-refractivity contribution in [1.29, 1.82) is 0 Å². The van der Waals surface area contributed by atoms with Gasteiger partial charge in [-0.1, -0.05) is 25.3 Å². The monoisotopic (exact) mass is 418 g/mol. The fourth-order valence-electron chi connectivity index (χ4n) is 4.80. The third-order valence-corrected chi connectivity index (χ3v) is 6.55. The highest BCUT2D eigenvalue weighted by molar-refractivity contribution is 5.77. The molecule has 0 amide bonds. The standard InChI is InChI=1S/C24H34O6/c1-29-24(28)7-5-3-2-4-6-18-19(22(27)15-21(18)26)9-10-20(25)16-8-11-23-17(14-16)12-13-30-23/h8,11-14,18-22,25-27H,2-7,9-10,15H2,1H3/t18?,19-,20?,21+,22-/m1/s1. The van der Waals surface area contributed by atoms with Gasteiger partial charge in [-0.15, -0.1) is 0 Å². The molecule has 2 aromatic rings. The van der Waals surface area contributed by atoms with Crippen molar-refractivity contribution in [2.24, 2.45) is 11.8 Å². The van der Waals surface area contributed by atoms with Crippen LogP contribution in [0, 0.1) is 11.8 Å². The van der Waals surface area contributed by atoms with E-state index in [9.17, 15) is 20.1 Å². The summed E-state index contributed by atoms with van der Waals surface area (Å²) in [6.45, 7) is 0. The lowest BCUT2D eigenvalue weighted by Crippen LogP contribution is -2.23. The van der Waals surface area contributed by atoms with Crippen LogP contribution in [0.5, 0.6) is 0 Å².